The largest absolute Gasteiger partial charge is 0.493 e. The Hall–Kier alpha value is -2.92. The molecule has 0 N–H and O–H groups in total. The highest BCUT2D eigenvalue weighted by molar-refractivity contribution is 7.00. The summed E-state index contributed by atoms with van der Waals surface area (Å²) in [6.45, 7) is 5.19. The van der Waals surface area contributed by atoms with E-state index in [-0.39, 0.29) is 0 Å². The molecule has 0 heterocycles. The van der Waals surface area contributed by atoms with E-state index >= 15 is 0 Å². The van der Waals surface area contributed by atoms with Crippen LogP contribution in [0.25, 0.3) is 0 Å². The molecule has 0 aliphatic heterocycles. The van der Waals surface area contributed by atoms with Crippen molar-refractivity contribution in [3.05, 3.63) is 72.3 Å². The molecule has 0 radical (unpaired) electrons. The van der Waals surface area contributed by atoms with Crippen molar-refractivity contribution >= 4 is 18.4 Å². The first kappa shape index (κ1) is 20.8. The van der Waals surface area contributed by atoms with E-state index in [1.165, 1.54) is 10.4 Å². The van der Waals surface area contributed by atoms with E-state index in [2.05, 4.69) is 49.5 Å². The lowest BCUT2D eigenvalue weighted by Crippen LogP contribution is -2.52. The van der Waals surface area contributed by atoms with Crippen molar-refractivity contribution in [2.24, 2.45) is 0 Å². The summed E-state index contributed by atoms with van der Waals surface area (Å²) in [5.41, 5.74) is 1.16. The van der Waals surface area contributed by atoms with Crippen LogP contribution in [0.3, 0.4) is 0 Å². The zero-order valence-electron chi connectivity index (χ0n) is 17.7. The first-order valence-corrected chi connectivity index (χ1v) is 12.6. The molecular formula is C24H28O4Si. The second-order valence-electron chi connectivity index (χ2n) is 7.34. The van der Waals surface area contributed by atoms with Gasteiger partial charge in [0.1, 0.15) is 20.4 Å². The van der Waals surface area contributed by atoms with Gasteiger partial charge in [0.25, 0.3) is 0 Å². The molecule has 0 fully saturated rings. The SMILES string of the molecule is COc1cc([Si](C)(C)c2ccc(OCc3ccccc3)cc2)cc(OC)c1OC. The first-order valence-electron chi connectivity index (χ1n) is 9.57. The average molecular weight is 409 g/mol. The number of hydrogen-bond acceptors (Lipinski definition) is 4. The fraction of sp³-hybridized carbons (Fsp3) is 0.250. The van der Waals surface area contributed by atoms with Gasteiger partial charge in [-0.05, 0) is 35.0 Å². The minimum Gasteiger partial charge on any atom is -0.493 e. The van der Waals surface area contributed by atoms with Gasteiger partial charge in [-0.15, -0.1) is 0 Å². The van der Waals surface area contributed by atoms with Crippen molar-refractivity contribution in [1.82, 2.24) is 0 Å². The average Bonchev–Trinajstić information content (AvgIpc) is 2.77. The van der Waals surface area contributed by atoms with Gasteiger partial charge in [-0.2, -0.15) is 0 Å². The van der Waals surface area contributed by atoms with Crippen molar-refractivity contribution in [1.29, 1.82) is 0 Å². The number of methoxy groups -OCH3 is 3. The van der Waals surface area contributed by atoms with Crippen LogP contribution in [0, 0.1) is 0 Å². The normalized spacial score (nSPS) is 11.1. The molecule has 152 valence electrons. The predicted octanol–water partition coefficient (Wildman–Crippen LogP) is 4.11. The molecule has 0 spiro atoms. The van der Waals surface area contributed by atoms with Crippen LogP contribution in [0.5, 0.6) is 23.0 Å². The molecule has 0 aliphatic carbocycles. The van der Waals surface area contributed by atoms with Gasteiger partial charge in [-0.3, -0.25) is 0 Å². The Balaban J connectivity index is 1.83. The maximum absolute atomic E-state index is 5.93. The van der Waals surface area contributed by atoms with Crippen LogP contribution in [0.4, 0.5) is 0 Å². The fourth-order valence-electron chi connectivity index (χ4n) is 3.32. The van der Waals surface area contributed by atoms with E-state index in [9.17, 15) is 0 Å². The summed E-state index contributed by atoms with van der Waals surface area (Å²) in [6, 6.07) is 22.7. The molecule has 4 nitrogen and oxygen atoms in total. The first-order chi connectivity index (χ1) is 14.0. The second-order valence-corrected chi connectivity index (χ2v) is 11.7. The summed E-state index contributed by atoms with van der Waals surface area (Å²) in [7, 11) is 2.95. The molecule has 29 heavy (non-hydrogen) atoms. The van der Waals surface area contributed by atoms with Gasteiger partial charge in [-0.25, -0.2) is 0 Å². The number of hydrogen-bond donors (Lipinski definition) is 0. The standard InChI is InChI=1S/C24H28O4Si/c1-25-22-15-21(16-23(26-2)24(22)27-3)29(4,5)20-13-11-19(12-14-20)28-17-18-9-7-6-8-10-18/h6-16H,17H2,1-5H3. The van der Waals surface area contributed by atoms with Crippen LogP contribution in [-0.2, 0) is 6.61 Å². The van der Waals surface area contributed by atoms with E-state index < -0.39 is 8.07 Å². The van der Waals surface area contributed by atoms with E-state index in [4.69, 9.17) is 18.9 Å². The van der Waals surface area contributed by atoms with Crippen LogP contribution >= 0.6 is 0 Å². The molecular weight excluding hydrogens is 380 g/mol. The molecule has 0 aromatic heterocycles. The molecule has 3 aromatic rings. The third-order valence-electron chi connectivity index (χ3n) is 5.21. The zero-order chi connectivity index (χ0) is 20.9. The van der Waals surface area contributed by atoms with Crippen molar-refractivity contribution in [2.75, 3.05) is 21.3 Å². The number of rotatable bonds is 8. The topological polar surface area (TPSA) is 36.9 Å². The van der Waals surface area contributed by atoms with Crippen LogP contribution in [0.15, 0.2) is 66.7 Å². The molecule has 5 heteroatoms. The highest BCUT2D eigenvalue weighted by Gasteiger charge is 2.29. The molecule has 0 bridgehead atoms. The lowest BCUT2D eigenvalue weighted by atomic mass is 10.2. The summed E-state index contributed by atoms with van der Waals surface area (Å²) in [5, 5.41) is 2.52. The Morgan fingerprint density at radius 3 is 1.79 bits per heavy atom. The van der Waals surface area contributed by atoms with E-state index in [0.717, 1.165) is 11.3 Å². The number of benzene rings is 3. The van der Waals surface area contributed by atoms with E-state index in [0.29, 0.717) is 23.9 Å². The van der Waals surface area contributed by atoms with Gasteiger partial charge < -0.3 is 18.9 Å². The molecule has 0 unspecified atom stereocenters. The molecule has 3 rings (SSSR count). The molecule has 0 amide bonds. The molecule has 0 atom stereocenters. The lowest BCUT2D eigenvalue weighted by molar-refractivity contribution is 0.306. The quantitative estimate of drug-likeness (QED) is 0.526. The molecule has 3 aromatic carbocycles. The van der Waals surface area contributed by atoms with Crippen LogP contribution in [0.2, 0.25) is 13.1 Å². The predicted molar refractivity (Wildman–Crippen MR) is 120 cm³/mol. The highest BCUT2D eigenvalue weighted by atomic mass is 28.3. The van der Waals surface area contributed by atoms with E-state index in [1.54, 1.807) is 21.3 Å². The fourth-order valence-corrected chi connectivity index (χ4v) is 5.63. The van der Waals surface area contributed by atoms with Crippen LogP contribution in [-0.4, -0.2) is 29.4 Å². The van der Waals surface area contributed by atoms with E-state index in [1.807, 2.05) is 30.3 Å². The highest BCUT2D eigenvalue weighted by Crippen LogP contribution is 2.36. The zero-order valence-corrected chi connectivity index (χ0v) is 18.7. The lowest BCUT2D eigenvalue weighted by Gasteiger charge is -2.26. The van der Waals surface area contributed by atoms with Crippen LogP contribution in [0.1, 0.15) is 5.56 Å². The Morgan fingerprint density at radius 2 is 1.28 bits per heavy atom. The summed E-state index contributed by atoms with van der Waals surface area (Å²) < 4.78 is 22.5. The smallest absolute Gasteiger partial charge is 0.203 e. The number of ether oxygens (including phenoxy) is 4. The van der Waals surface area contributed by atoms with Crippen molar-refractivity contribution in [2.45, 2.75) is 19.7 Å². The molecule has 0 saturated carbocycles. The molecule has 0 aliphatic rings. The van der Waals surface area contributed by atoms with Gasteiger partial charge in [0.05, 0.1) is 21.3 Å². The minimum atomic E-state index is -1.97. The van der Waals surface area contributed by atoms with Crippen molar-refractivity contribution in [3.63, 3.8) is 0 Å². The maximum Gasteiger partial charge on any atom is 0.203 e. The van der Waals surface area contributed by atoms with Crippen molar-refractivity contribution in [3.8, 4) is 23.0 Å². The van der Waals surface area contributed by atoms with Crippen molar-refractivity contribution < 1.29 is 18.9 Å². The summed E-state index contributed by atoms with van der Waals surface area (Å²) in [6.07, 6.45) is 0. The second kappa shape index (κ2) is 9.05. The Morgan fingerprint density at radius 1 is 0.690 bits per heavy atom. The summed E-state index contributed by atoms with van der Waals surface area (Å²) in [4.78, 5) is 0. The Bertz CT molecular complexity index is 912. The minimum absolute atomic E-state index is 0.563. The van der Waals surface area contributed by atoms with Gasteiger partial charge in [0.15, 0.2) is 11.5 Å². The third-order valence-corrected chi connectivity index (χ3v) is 8.72. The van der Waals surface area contributed by atoms with Gasteiger partial charge in [0, 0.05) is 0 Å². The monoisotopic (exact) mass is 408 g/mol. The summed E-state index contributed by atoms with van der Waals surface area (Å²) in [5.74, 6) is 2.86. The van der Waals surface area contributed by atoms with Gasteiger partial charge >= 0.3 is 0 Å². The third kappa shape index (κ3) is 4.57. The molecule has 0 saturated heterocycles. The Labute approximate surface area is 174 Å². The van der Waals surface area contributed by atoms with Gasteiger partial charge in [0.2, 0.25) is 5.75 Å². The maximum atomic E-state index is 5.93. The van der Waals surface area contributed by atoms with Gasteiger partial charge in [-0.1, -0.05) is 60.7 Å². The van der Waals surface area contributed by atoms with Crippen LogP contribution < -0.4 is 29.3 Å². The Kier molecular flexibility index (Phi) is 6.49. The summed E-state index contributed by atoms with van der Waals surface area (Å²) >= 11 is 0.